The van der Waals surface area contributed by atoms with Crippen LogP contribution < -0.4 is 0 Å². The lowest BCUT2D eigenvalue weighted by atomic mass is 10.2. The van der Waals surface area contributed by atoms with Gasteiger partial charge in [0.05, 0.1) is 6.61 Å². The molecular weight excluding hydrogens is 280 g/mol. The summed E-state index contributed by atoms with van der Waals surface area (Å²) in [4.78, 5) is 11.3. The number of rotatable bonds is 9. The third-order valence-electron chi connectivity index (χ3n) is 2.05. The number of ether oxygens (including phenoxy) is 1. The first-order valence-corrected chi connectivity index (χ1v) is 7.63. The fraction of sp³-hybridized carbons (Fsp3) is 0.900. The summed E-state index contributed by atoms with van der Waals surface area (Å²) in [7, 11) is 0. The number of esters is 1. The van der Waals surface area contributed by atoms with E-state index in [0.717, 1.165) is 25.0 Å². The van der Waals surface area contributed by atoms with Crippen molar-refractivity contribution in [2.75, 3.05) is 18.1 Å². The van der Waals surface area contributed by atoms with Crippen LogP contribution in [0.4, 0.5) is 0 Å². The third kappa shape index (κ3) is 10.1. The van der Waals surface area contributed by atoms with Crippen LogP contribution in [0.15, 0.2) is 0 Å². The van der Waals surface area contributed by atoms with Crippen LogP contribution in [0, 0.1) is 0 Å². The maximum atomic E-state index is 11.3. The van der Waals surface area contributed by atoms with E-state index in [-0.39, 0.29) is 16.5 Å². The molecule has 2 nitrogen and oxygen atoms in total. The molecule has 0 aromatic rings. The van der Waals surface area contributed by atoms with Gasteiger partial charge >= 0.3 is 5.97 Å². The lowest BCUT2D eigenvalue weighted by Crippen LogP contribution is -2.11. The number of carbonyl (C=O) groups is 1. The zero-order valence-corrected chi connectivity index (χ0v) is 12.8. The SMILES string of the molecule is O=C(CCCC(S)CS)OCCC(S)CS. The molecule has 6 heteroatoms. The molecule has 0 aliphatic heterocycles. The fourth-order valence-electron chi connectivity index (χ4n) is 1.05. The average Bonchev–Trinajstić information content (AvgIpc) is 2.28. The largest absolute Gasteiger partial charge is 0.466 e. The Morgan fingerprint density at radius 1 is 1.06 bits per heavy atom. The molecule has 0 heterocycles. The Morgan fingerprint density at radius 3 is 2.19 bits per heavy atom. The van der Waals surface area contributed by atoms with E-state index in [4.69, 9.17) is 4.74 Å². The van der Waals surface area contributed by atoms with Crippen molar-refractivity contribution in [3.05, 3.63) is 0 Å². The van der Waals surface area contributed by atoms with Gasteiger partial charge in [0.1, 0.15) is 0 Å². The van der Waals surface area contributed by atoms with E-state index >= 15 is 0 Å². The Kier molecular flexibility index (Phi) is 11.6. The highest BCUT2D eigenvalue weighted by Gasteiger charge is 2.07. The van der Waals surface area contributed by atoms with E-state index in [1.807, 2.05) is 0 Å². The minimum absolute atomic E-state index is 0.139. The summed E-state index contributed by atoms with van der Waals surface area (Å²) < 4.78 is 5.06. The van der Waals surface area contributed by atoms with Crippen molar-refractivity contribution in [1.29, 1.82) is 0 Å². The topological polar surface area (TPSA) is 26.3 Å². The minimum Gasteiger partial charge on any atom is -0.466 e. The van der Waals surface area contributed by atoms with Crippen molar-refractivity contribution in [3.63, 3.8) is 0 Å². The van der Waals surface area contributed by atoms with Gasteiger partial charge in [0.25, 0.3) is 0 Å². The molecule has 2 unspecified atom stereocenters. The molecule has 0 bridgehead atoms. The molecule has 0 N–H and O–H groups in total. The second-order valence-electron chi connectivity index (χ2n) is 3.57. The van der Waals surface area contributed by atoms with E-state index in [2.05, 4.69) is 50.5 Å². The van der Waals surface area contributed by atoms with Crippen molar-refractivity contribution in [1.82, 2.24) is 0 Å². The highest BCUT2D eigenvalue weighted by Crippen LogP contribution is 2.09. The van der Waals surface area contributed by atoms with Crippen molar-refractivity contribution in [2.24, 2.45) is 0 Å². The van der Waals surface area contributed by atoms with Crippen LogP contribution >= 0.6 is 50.5 Å². The first kappa shape index (κ1) is 16.9. The van der Waals surface area contributed by atoms with Crippen LogP contribution in [0.2, 0.25) is 0 Å². The van der Waals surface area contributed by atoms with Crippen molar-refractivity contribution >= 4 is 56.5 Å². The second-order valence-corrected chi connectivity index (χ2v) is 5.77. The molecular formula is C10H20O2S4. The summed E-state index contributed by atoms with van der Waals surface area (Å²) in [6, 6.07) is 0. The molecule has 0 aliphatic carbocycles. The zero-order valence-electron chi connectivity index (χ0n) is 9.21. The first-order valence-electron chi connectivity index (χ1n) is 5.33. The van der Waals surface area contributed by atoms with E-state index < -0.39 is 0 Å². The van der Waals surface area contributed by atoms with Gasteiger partial charge in [-0.2, -0.15) is 50.5 Å². The maximum absolute atomic E-state index is 11.3. The van der Waals surface area contributed by atoms with E-state index in [9.17, 15) is 4.79 Å². The normalized spacial score (nSPS) is 14.5. The Balaban J connectivity index is 3.38. The standard InChI is InChI=1S/C10H20O2S4/c11-10(3-1-2-8(15)6-13)12-5-4-9(16)7-14/h8-9,13-16H,1-7H2. The first-order chi connectivity index (χ1) is 7.60. The van der Waals surface area contributed by atoms with Crippen molar-refractivity contribution in [2.45, 2.75) is 36.2 Å². The molecule has 16 heavy (non-hydrogen) atoms. The monoisotopic (exact) mass is 300 g/mol. The lowest BCUT2D eigenvalue weighted by Gasteiger charge is -2.09. The molecule has 0 aliphatic rings. The molecule has 0 spiro atoms. The summed E-state index contributed by atoms with van der Waals surface area (Å²) in [5, 5.41) is 0.462. The van der Waals surface area contributed by atoms with E-state index in [0.29, 0.717) is 18.8 Å². The van der Waals surface area contributed by atoms with Crippen LogP contribution in [0.5, 0.6) is 0 Å². The number of carbonyl (C=O) groups excluding carboxylic acids is 1. The van der Waals surface area contributed by atoms with Crippen LogP contribution in [0.25, 0.3) is 0 Å². The van der Waals surface area contributed by atoms with Crippen LogP contribution in [0.1, 0.15) is 25.7 Å². The Labute approximate surface area is 120 Å². The quantitative estimate of drug-likeness (QED) is 0.389. The second kappa shape index (κ2) is 11.0. The molecule has 0 fully saturated rings. The zero-order chi connectivity index (χ0) is 12.4. The molecule has 0 amide bonds. The number of hydrogen-bond donors (Lipinski definition) is 4. The Morgan fingerprint density at radius 2 is 1.62 bits per heavy atom. The highest BCUT2D eigenvalue weighted by molar-refractivity contribution is 7.85. The summed E-state index contributed by atoms with van der Waals surface area (Å²) in [5.41, 5.74) is 0. The summed E-state index contributed by atoms with van der Waals surface area (Å²) in [5.74, 6) is 1.30. The van der Waals surface area contributed by atoms with Gasteiger partial charge in [0, 0.05) is 28.4 Å². The summed E-state index contributed by atoms with van der Waals surface area (Å²) in [6.07, 6.45) is 2.92. The van der Waals surface area contributed by atoms with Crippen LogP contribution in [-0.4, -0.2) is 34.6 Å². The average molecular weight is 301 g/mol. The molecule has 0 aromatic heterocycles. The number of hydrogen-bond acceptors (Lipinski definition) is 6. The Hall–Kier alpha value is 0.870. The lowest BCUT2D eigenvalue weighted by molar-refractivity contribution is -0.143. The smallest absolute Gasteiger partial charge is 0.305 e. The maximum Gasteiger partial charge on any atom is 0.305 e. The molecule has 0 aromatic carbocycles. The van der Waals surface area contributed by atoms with Gasteiger partial charge in [-0.3, -0.25) is 4.79 Å². The van der Waals surface area contributed by atoms with Gasteiger partial charge < -0.3 is 4.74 Å². The summed E-state index contributed by atoms with van der Waals surface area (Å²) >= 11 is 16.8. The van der Waals surface area contributed by atoms with Crippen molar-refractivity contribution < 1.29 is 9.53 Å². The predicted molar refractivity (Wildman–Crippen MR) is 82.7 cm³/mol. The third-order valence-corrected chi connectivity index (χ3v) is 4.39. The summed E-state index contributed by atoms with van der Waals surface area (Å²) in [6.45, 7) is 0.435. The van der Waals surface area contributed by atoms with E-state index in [1.54, 1.807) is 0 Å². The van der Waals surface area contributed by atoms with Gasteiger partial charge in [0.2, 0.25) is 0 Å². The Bertz CT molecular complexity index is 172. The van der Waals surface area contributed by atoms with Gasteiger partial charge in [-0.15, -0.1) is 0 Å². The van der Waals surface area contributed by atoms with Crippen molar-refractivity contribution in [3.8, 4) is 0 Å². The van der Waals surface area contributed by atoms with Gasteiger partial charge in [0.15, 0.2) is 0 Å². The number of thiol groups is 4. The minimum atomic E-state index is -0.139. The molecule has 0 rings (SSSR count). The molecule has 96 valence electrons. The predicted octanol–water partition coefficient (Wildman–Crippen LogP) is 2.55. The van der Waals surface area contributed by atoms with Gasteiger partial charge in [-0.05, 0) is 19.3 Å². The van der Waals surface area contributed by atoms with Gasteiger partial charge in [-0.25, -0.2) is 0 Å². The highest BCUT2D eigenvalue weighted by atomic mass is 32.1. The molecule has 0 radical (unpaired) electrons. The van der Waals surface area contributed by atoms with Crippen LogP contribution in [0.3, 0.4) is 0 Å². The van der Waals surface area contributed by atoms with E-state index in [1.165, 1.54) is 0 Å². The van der Waals surface area contributed by atoms with Gasteiger partial charge in [-0.1, -0.05) is 0 Å². The van der Waals surface area contributed by atoms with Crippen LogP contribution in [-0.2, 0) is 9.53 Å². The molecule has 0 saturated carbocycles. The molecule has 2 atom stereocenters. The molecule has 0 saturated heterocycles. The fourth-order valence-corrected chi connectivity index (χ4v) is 1.70.